The van der Waals surface area contributed by atoms with Crippen molar-refractivity contribution in [2.24, 2.45) is 0 Å². The molecule has 1 aliphatic rings. The number of carbonyl (C=O) groups is 2. The smallest absolute Gasteiger partial charge is 0.334 e. The summed E-state index contributed by atoms with van der Waals surface area (Å²) in [5, 5.41) is 8.88. The predicted octanol–water partition coefficient (Wildman–Crippen LogP) is 1.54. The zero-order valence-electron chi connectivity index (χ0n) is 11.4. The number of ether oxygens (including phenoxy) is 1. The van der Waals surface area contributed by atoms with Crippen LogP contribution < -0.4 is 0 Å². The molecule has 0 spiro atoms. The van der Waals surface area contributed by atoms with E-state index >= 15 is 0 Å². The van der Waals surface area contributed by atoms with Gasteiger partial charge in [-0.2, -0.15) is 0 Å². The van der Waals surface area contributed by atoms with Gasteiger partial charge in [-0.25, -0.2) is 9.18 Å². The van der Waals surface area contributed by atoms with E-state index in [0.717, 1.165) is 5.56 Å². The Labute approximate surface area is 121 Å². The first-order chi connectivity index (χ1) is 10.1. The number of aliphatic carboxylic acids is 1. The van der Waals surface area contributed by atoms with Gasteiger partial charge in [0, 0.05) is 13.0 Å². The van der Waals surface area contributed by atoms with Crippen molar-refractivity contribution < 1.29 is 23.8 Å². The second kappa shape index (κ2) is 6.99. The summed E-state index contributed by atoms with van der Waals surface area (Å²) < 4.78 is 17.8. The Hall–Kier alpha value is -2.21. The molecule has 1 aromatic carbocycles. The third-order valence-corrected chi connectivity index (χ3v) is 3.17. The number of carboxylic acids is 1. The third kappa shape index (κ3) is 4.39. The van der Waals surface area contributed by atoms with Crippen molar-refractivity contribution in [1.29, 1.82) is 0 Å². The lowest BCUT2D eigenvalue weighted by Crippen LogP contribution is -2.48. The molecular formula is C15H16FNO4. The molecule has 21 heavy (non-hydrogen) atoms. The van der Waals surface area contributed by atoms with Gasteiger partial charge >= 0.3 is 5.97 Å². The van der Waals surface area contributed by atoms with Gasteiger partial charge in [-0.1, -0.05) is 24.3 Å². The molecule has 112 valence electrons. The molecule has 1 heterocycles. The molecule has 1 N–H and O–H groups in total. The van der Waals surface area contributed by atoms with Gasteiger partial charge in [0.25, 0.3) is 0 Å². The van der Waals surface area contributed by atoms with Crippen LogP contribution in [0.25, 0.3) is 6.08 Å². The number of benzene rings is 1. The zero-order chi connectivity index (χ0) is 15.2. The van der Waals surface area contributed by atoms with E-state index in [9.17, 15) is 14.0 Å². The first-order valence-corrected chi connectivity index (χ1v) is 6.60. The number of rotatable bonds is 4. The highest BCUT2D eigenvalue weighted by molar-refractivity contribution is 5.80. The summed E-state index contributed by atoms with van der Waals surface area (Å²) in [5.41, 5.74) is 0.801. The summed E-state index contributed by atoms with van der Waals surface area (Å²) in [6, 6.07) is 5.93. The highest BCUT2D eigenvalue weighted by Gasteiger charge is 2.28. The van der Waals surface area contributed by atoms with Crippen LogP contribution in [0.1, 0.15) is 12.0 Å². The summed E-state index contributed by atoms with van der Waals surface area (Å²) in [6.07, 6.45) is 2.63. The highest BCUT2D eigenvalue weighted by atomic mass is 19.1. The van der Waals surface area contributed by atoms with Gasteiger partial charge in [0.05, 0.1) is 13.2 Å². The Balaban J connectivity index is 1.86. The van der Waals surface area contributed by atoms with Gasteiger partial charge in [-0.05, 0) is 17.7 Å². The Morgan fingerprint density at radius 3 is 2.76 bits per heavy atom. The molecule has 1 aromatic rings. The van der Waals surface area contributed by atoms with Crippen LogP contribution in [0.3, 0.4) is 0 Å². The SMILES string of the molecule is O=C(O)C1CN(C(=O)C/C=C/c2ccc(F)cc2)CCO1. The van der Waals surface area contributed by atoms with Crippen LogP contribution in [0.5, 0.6) is 0 Å². The molecule has 1 atom stereocenters. The molecule has 0 radical (unpaired) electrons. The Morgan fingerprint density at radius 2 is 2.10 bits per heavy atom. The lowest BCUT2D eigenvalue weighted by Gasteiger charge is -2.30. The molecule has 1 unspecified atom stereocenters. The van der Waals surface area contributed by atoms with E-state index in [-0.39, 0.29) is 31.3 Å². The lowest BCUT2D eigenvalue weighted by atomic mass is 10.2. The van der Waals surface area contributed by atoms with Crippen molar-refractivity contribution in [3.05, 3.63) is 41.7 Å². The van der Waals surface area contributed by atoms with Crippen LogP contribution >= 0.6 is 0 Å². The fourth-order valence-electron chi connectivity index (χ4n) is 2.02. The molecular weight excluding hydrogens is 277 g/mol. The molecule has 1 amide bonds. The Morgan fingerprint density at radius 1 is 1.38 bits per heavy atom. The molecule has 6 heteroatoms. The molecule has 1 aliphatic heterocycles. The topological polar surface area (TPSA) is 66.8 Å². The van der Waals surface area contributed by atoms with Crippen molar-refractivity contribution in [3.8, 4) is 0 Å². The molecule has 0 aromatic heterocycles. The number of nitrogens with zero attached hydrogens (tertiary/aromatic N) is 1. The molecule has 0 bridgehead atoms. The summed E-state index contributed by atoms with van der Waals surface area (Å²) in [4.78, 5) is 24.3. The maximum atomic E-state index is 12.7. The number of hydrogen-bond donors (Lipinski definition) is 1. The van der Waals surface area contributed by atoms with Crippen molar-refractivity contribution in [3.63, 3.8) is 0 Å². The largest absolute Gasteiger partial charge is 0.479 e. The fraction of sp³-hybridized carbons (Fsp3) is 0.333. The molecule has 1 saturated heterocycles. The van der Waals surface area contributed by atoms with Crippen molar-refractivity contribution >= 4 is 18.0 Å². The summed E-state index contributed by atoms with van der Waals surface area (Å²) in [7, 11) is 0. The van der Waals surface area contributed by atoms with Crippen molar-refractivity contribution in [2.45, 2.75) is 12.5 Å². The summed E-state index contributed by atoms with van der Waals surface area (Å²) >= 11 is 0. The van der Waals surface area contributed by atoms with E-state index in [1.165, 1.54) is 17.0 Å². The van der Waals surface area contributed by atoms with Crippen LogP contribution in [0.15, 0.2) is 30.3 Å². The first-order valence-electron chi connectivity index (χ1n) is 6.60. The lowest BCUT2D eigenvalue weighted by molar-refractivity contribution is -0.159. The van der Waals surface area contributed by atoms with Gasteiger partial charge < -0.3 is 14.7 Å². The number of carboxylic acid groups (broad SMARTS) is 1. The van der Waals surface area contributed by atoms with E-state index in [1.807, 2.05) is 0 Å². The second-order valence-electron chi connectivity index (χ2n) is 4.70. The van der Waals surface area contributed by atoms with Crippen LogP contribution in [0, 0.1) is 5.82 Å². The normalized spacial score (nSPS) is 18.9. The van der Waals surface area contributed by atoms with E-state index in [4.69, 9.17) is 9.84 Å². The predicted molar refractivity (Wildman–Crippen MR) is 74.0 cm³/mol. The molecule has 0 saturated carbocycles. The molecule has 2 rings (SSSR count). The van der Waals surface area contributed by atoms with E-state index in [0.29, 0.717) is 6.54 Å². The van der Waals surface area contributed by atoms with Gasteiger partial charge in [-0.3, -0.25) is 4.79 Å². The second-order valence-corrected chi connectivity index (χ2v) is 4.70. The quantitative estimate of drug-likeness (QED) is 0.914. The summed E-state index contributed by atoms with van der Waals surface area (Å²) in [6.45, 7) is 0.690. The number of carbonyl (C=O) groups excluding carboxylic acids is 1. The Kier molecular flexibility index (Phi) is 5.05. The average molecular weight is 293 g/mol. The van der Waals surface area contributed by atoms with Gasteiger partial charge in [0.1, 0.15) is 5.82 Å². The maximum absolute atomic E-state index is 12.7. The van der Waals surface area contributed by atoms with Gasteiger partial charge in [-0.15, -0.1) is 0 Å². The number of morpholine rings is 1. The third-order valence-electron chi connectivity index (χ3n) is 3.17. The molecule has 0 aliphatic carbocycles. The van der Waals surface area contributed by atoms with Crippen molar-refractivity contribution in [1.82, 2.24) is 4.90 Å². The van der Waals surface area contributed by atoms with E-state index in [2.05, 4.69) is 0 Å². The number of halogens is 1. The monoisotopic (exact) mass is 293 g/mol. The standard InChI is InChI=1S/C15H16FNO4/c16-12-6-4-11(5-7-12)2-1-3-14(18)17-8-9-21-13(10-17)15(19)20/h1-2,4-7,13H,3,8-10H2,(H,19,20)/b2-1+. The first kappa shape index (κ1) is 15.2. The van der Waals surface area contributed by atoms with Crippen molar-refractivity contribution in [2.75, 3.05) is 19.7 Å². The van der Waals surface area contributed by atoms with Crippen LogP contribution in [0.2, 0.25) is 0 Å². The Bertz CT molecular complexity index is 541. The van der Waals surface area contributed by atoms with Gasteiger partial charge in [0.2, 0.25) is 5.91 Å². The van der Waals surface area contributed by atoms with Crippen LogP contribution in [-0.4, -0.2) is 47.7 Å². The highest BCUT2D eigenvalue weighted by Crippen LogP contribution is 2.09. The molecule has 1 fully saturated rings. The minimum absolute atomic E-state index is 0.0680. The minimum atomic E-state index is -1.06. The van der Waals surface area contributed by atoms with Crippen LogP contribution in [0.4, 0.5) is 4.39 Å². The fourth-order valence-corrected chi connectivity index (χ4v) is 2.02. The minimum Gasteiger partial charge on any atom is -0.479 e. The number of amides is 1. The van der Waals surface area contributed by atoms with E-state index < -0.39 is 12.1 Å². The average Bonchev–Trinajstić information content (AvgIpc) is 2.49. The van der Waals surface area contributed by atoms with Gasteiger partial charge in [0.15, 0.2) is 6.10 Å². The number of hydrogen-bond acceptors (Lipinski definition) is 3. The molecule has 5 nitrogen and oxygen atoms in total. The van der Waals surface area contributed by atoms with Crippen LogP contribution in [-0.2, 0) is 14.3 Å². The maximum Gasteiger partial charge on any atom is 0.334 e. The zero-order valence-corrected chi connectivity index (χ0v) is 11.4. The summed E-state index contributed by atoms with van der Waals surface area (Å²) in [5.74, 6) is -1.52. The van der Waals surface area contributed by atoms with E-state index in [1.54, 1.807) is 24.3 Å².